The van der Waals surface area contributed by atoms with E-state index in [-0.39, 0.29) is 5.92 Å². The predicted molar refractivity (Wildman–Crippen MR) is 118 cm³/mol. The van der Waals surface area contributed by atoms with Crippen LogP contribution in [0.25, 0.3) is 17.2 Å². The Bertz CT molecular complexity index is 999. The lowest BCUT2D eigenvalue weighted by molar-refractivity contribution is 0.144. The highest BCUT2D eigenvalue weighted by Crippen LogP contribution is 2.44. The zero-order valence-electron chi connectivity index (χ0n) is 16.0. The van der Waals surface area contributed by atoms with Crippen LogP contribution in [0.1, 0.15) is 28.2 Å². The van der Waals surface area contributed by atoms with Gasteiger partial charge in [-0.1, -0.05) is 84.9 Å². The van der Waals surface area contributed by atoms with Crippen molar-refractivity contribution in [3.05, 3.63) is 101 Å². The van der Waals surface area contributed by atoms with Gasteiger partial charge in [-0.25, -0.2) is 4.79 Å². The van der Waals surface area contributed by atoms with Crippen molar-refractivity contribution < 1.29 is 9.53 Å². The minimum Gasteiger partial charge on any atom is -0.449 e. The van der Waals surface area contributed by atoms with Gasteiger partial charge in [-0.05, 0) is 33.4 Å². The highest BCUT2D eigenvalue weighted by Gasteiger charge is 2.28. The summed E-state index contributed by atoms with van der Waals surface area (Å²) in [5.74, 6) is 0.527. The second-order valence-corrected chi connectivity index (χ2v) is 7.21. The van der Waals surface area contributed by atoms with E-state index in [0.717, 1.165) is 11.1 Å². The van der Waals surface area contributed by atoms with Gasteiger partial charge in [0.1, 0.15) is 6.61 Å². The molecule has 1 aliphatic rings. The maximum absolute atomic E-state index is 12.2. The van der Waals surface area contributed by atoms with Crippen LogP contribution in [0.5, 0.6) is 0 Å². The van der Waals surface area contributed by atoms with Crippen molar-refractivity contribution in [2.24, 2.45) is 0 Å². The molecule has 0 saturated carbocycles. The standard InChI is InChI=1S/C25H22ClNO2/c26-16-19-9-2-1-8-18(19)10-7-15-27-25(28)29-17-24-22-13-5-3-11-20(22)21-12-4-6-14-23(21)24/h1-14,24H,15-17H2,(H,27,28). The minimum absolute atomic E-state index is 0.0688. The molecule has 0 aromatic heterocycles. The summed E-state index contributed by atoms with van der Waals surface area (Å²) >= 11 is 5.95. The van der Waals surface area contributed by atoms with E-state index in [1.165, 1.54) is 22.3 Å². The normalized spacial score (nSPS) is 12.6. The van der Waals surface area contributed by atoms with E-state index >= 15 is 0 Å². The second kappa shape index (κ2) is 8.97. The molecule has 0 fully saturated rings. The lowest BCUT2D eigenvalue weighted by Crippen LogP contribution is -2.26. The Morgan fingerprint density at radius 2 is 1.55 bits per heavy atom. The Morgan fingerprint density at radius 3 is 2.24 bits per heavy atom. The third kappa shape index (κ3) is 4.20. The summed E-state index contributed by atoms with van der Waals surface area (Å²) in [7, 11) is 0. The van der Waals surface area contributed by atoms with Gasteiger partial charge in [0.05, 0.1) is 0 Å². The fraction of sp³-hybridized carbons (Fsp3) is 0.160. The lowest BCUT2D eigenvalue weighted by Gasteiger charge is -2.14. The van der Waals surface area contributed by atoms with Crippen molar-refractivity contribution in [3.8, 4) is 11.1 Å². The van der Waals surface area contributed by atoms with Gasteiger partial charge in [-0.15, -0.1) is 11.6 Å². The first-order valence-electron chi connectivity index (χ1n) is 9.67. The Kier molecular flexibility index (Phi) is 5.97. The van der Waals surface area contributed by atoms with E-state index < -0.39 is 6.09 Å². The van der Waals surface area contributed by atoms with E-state index in [2.05, 4.69) is 29.6 Å². The number of alkyl halides is 1. The second-order valence-electron chi connectivity index (χ2n) is 6.94. The molecule has 3 aromatic carbocycles. The smallest absolute Gasteiger partial charge is 0.407 e. The van der Waals surface area contributed by atoms with E-state index in [9.17, 15) is 4.79 Å². The molecule has 4 rings (SSSR count). The molecule has 0 spiro atoms. The number of ether oxygens (including phenoxy) is 1. The van der Waals surface area contributed by atoms with Gasteiger partial charge in [0, 0.05) is 18.3 Å². The van der Waals surface area contributed by atoms with Gasteiger partial charge in [-0.3, -0.25) is 0 Å². The minimum atomic E-state index is -0.415. The molecule has 0 radical (unpaired) electrons. The molecule has 1 N–H and O–H groups in total. The zero-order valence-corrected chi connectivity index (χ0v) is 16.7. The number of carbonyl (C=O) groups is 1. The molecule has 0 bridgehead atoms. The van der Waals surface area contributed by atoms with Crippen LogP contribution in [0, 0.1) is 0 Å². The molecular weight excluding hydrogens is 382 g/mol. The first-order chi connectivity index (χ1) is 14.3. The summed E-state index contributed by atoms with van der Waals surface area (Å²) in [5, 5.41) is 2.78. The van der Waals surface area contributed by atoms with Gasteiger partial charge in [-0.2, -0.15) is 0 Å². The molecule has 29 heavy (non-hydrogen) atoms. The van der Waals surface area contributed by atoms with Gasteiger partial charge in [0.25, 0.3) is 0 Å². The Balaban J connectivity index is 1.34. The van der Waals surface area contributed by atoms with Crippen LogP contribution >= 0.6 is 11.6 Å². The van der Waals surface area contributed by atoms with Crippen molar-refractivity contribution in [1.29, 1.82) is 0 Å². The van der Waals surface area contributed by atoms with E-state index in [4.69, 9.17) is 16.3 Å². The molecule has 3 nitrogen and oxygen atoms in total. The average Bonchev–Trinajstić information content (AvgIpc) is 3.09. The lowest BCUT2D eigenvalue weighted by atomic mass is 9.98. The summed E-state index contributed by atoms with van der Waals surface area (Å²) in [4.78, 5) is 12.2. The number of benzene rings is 3. The van der Waals surface area contributed by atoms with Gasteiger partial charge in [0.15, 0.2) is 0 Å². The van der Waals surface area contributed by atoms with Gasteiger partial charge in [0.2, 0.25) is 0 Å². The number of halogens is 1. The summed E-state index contributed by atoms with van der Waals surface area (Å²) in [6, 6.07) is 24.5. The number of carbonyl (C=O) groups excluding carboxylic acids is 1. The van der Waals surface area contributed by atoms with Crippen LogP contribution in [0.3, 0.4) is 0 Å². The molecule has 4 heteroatoms. The third-order valence-corrected chi connectivity index (χ3v) is 5.49. The quantitative estimate of drug-likeness (QED) is 0.514. The monoisotopic (exact) mass is 403 g/mol. The molecule has 0 atom stereocenters. The molecule has 1 amide bonds. The third-order valence-electron chi connectivity index (χ3n) is 5.20. The van der Waals surface area contributed by atoms with Crippen molar-refractivity contribution in [3.63, 3.8) is 0 Å². The number of fused-ring (bicyclic) bond motifs is 3. The highest BCUT2D eigenvalue weighted by atomic mass is 35.5. The molecule has 0 heterocycles. The van der Waals surface area contributed by atoms with Crippen LogP contribution in [0.2, 0.25) is 0 Å². The summed E-state index contributed by atoms with van der Waals surface area (Å²) in [5.41, 5.74) is 6.97. The first-order valence-corrected chi connectivity index (χ1v) is 10.2. The maximum atomic E-state index is 12.2. The van der Waals surface area contributed by atoms with E-state index in [1.54, 1.807) is 0 Å². The number of nitrogens with one attached hydrogen (secondary N) is 1. The molecule has 1 aliphatic carbocycles. The van der Waals surface area contributed by atoms with E-state index in [0.29, 0.717) is 19.0 Å². The Hall–Kier alpha value is -3.04. The molecule has 0 aliphatic heterocycles. The topological polar surface area (TPSA) is 38.3 Å². The molecule has 3 aromatic rings. The Morgan fingerprint density at radius 1 is 0.931 bits per heavy atom. The summed E-state index contributed by atoms with van der Waals surface area (Å²) in [6.07, 6.45) is 3.44. The number of hydrogen-bond donors (Lipinski definition) is 1. The zero-order chi connectivity index (χ0) is 20.1. The molecule has 146 valence electrons. The maximum Gasteiger partial charge on any atom is 0.407 e. The van der Waals surface area contributed by atoms with Crippen LogP contribution < -0.4 is 5.32 Å². The first kappa shape index (κ1) is 19.3. The molecule has 0 unspecified atom stereocenters. The number of amides is 1. The van der Waals surface area contributed by atoms with Gasteiger partial charge >= 0.3 is 6.09 Å². The fourth-order valence-electron chi connectivity index (χ4n) is 3.80. The average molecular weight is 404 g/mol. The van der Waals surface area contributed by atoms with Crippen molar-refractivity contribution >= 4 is 23.8 Å². The largest absolute Gasteiger partial charge is 0.449 e. The van der Waals surface area contributed by atoms with Gasteiger partial charge < -0.3 is 10.1 Å². The van der Waals surface area contributed by atoms with Crippen LogP contribution in [-0.4, -0.2) is 19.2 Å². The number of rotatable bonds is 6. The van der Waals surface area contributed by atoms with E-state index in [1.807, 2.05) is 60.7 Å². The van der Waals surface area contributed by atoms with Crippen LogP contribution in [0.4, 0.5) is 4.79 Å². The van der Waals surface area contributed by atoms with Crippen LogP contribution in [0.15, 0.2) is 78.9 Å². The molecule has 0 saturated heterocycles. The number of hydrogen-bond acceptors (Lipinski definition) is 2. The van der Waals surface area contributed by atoms with Crippen LogP contribution in [-0.2, 0) is 10.6 Å². The molecular formula is C25H22ClNO2. The fourth-order valence-corrected chi connectivity index (χ4v) is 4.04. The SMILES string of the molecule is O=C(NCC=Cc1ccccc1CCl)OCC1c2ccccc2-c2ccccc21. The highest BCUT2D eigenvalue weighted by molar-refractivity contribution is 6.17. The Labute approximate surface area is 176 Å². The van der Waals surface area contributed by atoms with Crippen molar-refractivity contribution in [2.75, 3.05) is 13.2 Å². The summed E-state index contributed by atoms with van der Waals surface area (Å²) in [6.45, 7) is 0.714. The predicted octanol–water partition coefficient (Wildman–Crippen LogP) is 5.98. The van der Waals surface area contributed by atoms with Crippen molar-refractivity contribution in [2.45, 2.75) is 11.8 Å². The summed E-state index contributed by atoms with van der Waals surface area (Å²) < 4.78 is 5.53. The number of alkyl carbamates (subject to hydrolysis) is 1. The van der Waals surface area contributed by atoms with Crippen molar-refractivity contribution in [1.82, 2.24) is 5.32 Å².